The number of anilines is 1. The van der Waals surface area contributed by atoms with Crippen LogP contribution in [-0.4, -0.2) is 39.0 Å². The van der Waals surface area contributed by atoms with Crippen molar-refractivity contribution < 1.29 is 9.13 Å². The van der Waals surface area contributed by atoms with Gasteiger partial charge in [-0.1, -0.05) is 12.0 Å². The lowest BCUT2D eigenvalue weighted by atomic mass is 10.1. The van der Waals surface area contributed by atoms with Gasteiger partial charge in [0.2, 0.25) is 0 Å². The highest BCUT2D eigenvalue weighted by molar-refractivity contribution is 5.62. The molecule has 0 unspecified atom stereocenters. The van der Waals surface area contributed by atoms with E-state index in [1.54, 1.807) is 18.2 Å². The summed E-state index contributed by atoms with van der Waals surface area (Å²) < 4.78 is 20.7. The summed E-state index contributed by atoms with van der Waals surface area (Å²) in [5, 5.41) is 7.27. The van der Waals surface area contributed by atoms with E-state index in [0.717, 1.165) is 28.2 Å². The number of benzene rings is 1. The smallest absolute Gasteiger partial charge is 0.351 e. The summed E-state index contributed by atoms with van der Waals surface area (Å²) in [7, 11) is 0. The van der Waals surface area contributed by atoms with E-state index in [4.69, 9.17) is 10.5 Å². The summed E-state index contributed by atoms with van der Waals surface area (Å²) in [6, 6.07) is 10.9. The maximum atomic E-state index is 12.7. The molecular weight excluding hydrogens is 387 g/mol. The fourth-order valence-electron chi connectivity index (χ4n) is 2.92. The number of halogens is 1. The van der Waals surface area contributed by atoms with Crippen LogP contribution in [0.15, 0.2) is 59.4 Å². The van der Waals surface area contributed by atoms with Crippen molar-refractivity contribution in [1.82, 2.24) is 19.3 Å². The van der Waals surface area contributed by atoms with E-state index < -0.39 is 5.69 Å². The average Bonchev–Trinajstić information content (AvgIpc) is 3.16. The fourth-order valence-corrected chi connectivity index (χ4v) is 2.92. The largest absolute Gasteiger partial charge is 0.490 e. The van der Waals surface area contributed by atoms with Gasteiger partial charge in [-0.3, -0.25) is 0 Å². The van der Waals surface area contributed by atoms with E-state index in [1.165, 1.54) is 10.9 Å². The van der Waals surface area contributed by atoms with Crippen molar-refractivity contribution in [2.24, 2.45) is 5.73 Å². The number of nitrogens with zero attached hydrogens (tertiary/aromatic N) is 4. The maximum Gasteiger partial charge on any atom is 0.351 e. The highest BCUT2D eigenvalue weighted by atomic mass is 19.1. The first kappa shape index (κ1) is 19.4. The van der Waals surface area contributed by atoms with Crippen LogP contribution in [0.4, 0.5) is 10.1 Å². The van der Waals surface area contributed by atoms with Gasteiger partial charge in [-0.15, -0.1) is 0 Å². The molecule has 4 rings (SSSR count). The number of hydrogen-bond donors (Lipinski definition) is 2. The van der Waals surface area contributed by atoms with Crippen LogP contribution in [0.25, 0.3) is 5.82 Å². The molecule has 3 N–H and O–H groups in total. The third kappa shape index (κ3) is 4.09. The molecule has 1 aliphatic heterocycles. The minimum Gasteiger partial charge on any atom is -0.490 e. The van der Waals surface area contributed by atoms with E-state index in [1.807, 2.05) is 18.2 Å². The fraction of sp³-hybridized carbons (Fsp3) is 0.190. The van der Waals surface area contributed by atoms with Crippen LogP contribution in [-0.2, 0) is 6.54 Å². The van der Waals surface area contributed by atoms with Crippen molar-refractivity contribution in [2.75, 3.05) is 25.0 Å². The van der Waals surface area contributed by atoms with E-state index in [2.05, 4.69) is 27.2 Å². The molecule has 2 aromatic heterocycles. The number of nitrogens with two attached hydrogens (primary N) is 1. The summed E-state index contributed by atoms with van der Waals surface area (Å²) in [5.41, 5.74) is 7.49. The molecular formula is C21H19FN6O2. The number of fused-ring (bicyclic) bond motifs is 1. The molecule has 9 heteroatoms. The Morgan fingerprint density at radius 2 is 2.23 bits per heavy atom. The van der Waals surface area contributed by atoms with Crippen molar-refractivity contribution in [3.05, 3.63) is 76.4 Å². The average molecular weight is 406 g/mol. The van der Waals surface area contributed by atoms with Crippen molar-refractivity contribution in [3.63, 3.8) is 0 Å². The Morgan fingerprint density at radius 3 is 3.07 bits per heavy atom. The van der Waals surface area contributed by atoms with E-state index >= 15 is 0 Å². The molecule has 0 aliphatic carbocycles. The monoisotopic (exact) mass is 406 g/mol. The second kappa shape index (κ2) is 8.63. The van der Waals surface area contributed by atoms with E-state index in [9.17, 15) is 9.18 Å². The molecule has 152 valence electrons. The maximum absolute atomic E-state index is 12.7. The SMILES string of the molecule is NC/C(=C\F)Cn1ncn(-c2cccc(C#Cc3ccc4c(c3)NCCO4)n2)c1=O. The highest BCUT2D eigenvalue weighted by Gasteiger charge is 2.10. The van der Waals surface area contributed by atoms with E-state index in [0.29, 0.717) is 24.4 Å². The van der Waals surface area contributed by atoms with Gasteiger partial charge in [-0.05, 0) is 41.8 Å². The normalized spacial score (nSPS) is 12.9. The lowest BCUT2D eigenvalue weighted by molar-refractivity contribution is 0.323. The van der Waals surface area contributed by atoms with Gasteiger partial charge in [0.25, 0.3) is 0 Å². The minimum atomic E-state index is -0.443. The molecule has 8 nitrogen and oxygen atoms in total. The van der Waals surface area contributed by atoms with Gasteiger partial charge in [-0.25, -0.2) is 23.4 Å². The van der Waals surface area contributed by atoms with Gasteiger partial charge >= 0.3 is 5.69 Å². The first-order valence-electron chi connectivity index (χ1n) is 9.31. The van der Waals surface area contributed by atoms with Gasteiger partial charge in [0.05, 0.1) is 18.6 Å². The third-order valence-electron chi connectivity index (χ3n) is 4.47. The molecule has 0 atom stereocenters. The Kier molecular flexibility index (Phi) is 5.59. The van der Waals surface area contributed by atoms with Crippen LogP contribution in [0.2, 0.25) is 0 Å². The van der Waals surface area contributed by atoms with Crippen molar-refractivity contribution in [1.29, 1.82) is 0 Å². The van der Waals surface area contributed by atoms with Gasteiger partial charge in [-0.2, -0.15) is 5.10 Å². The number of pyridine rings is 1. The molecule has 0 fully saturated rings. The predicted octanol–water partition coefficient (Wildman–Crippen LogP) is 1.45. The molecule has 0 amide bonds. The summed E-state index contributed by atoms with van der Waals surface area (Å²) in [6.07, 6.45) is 1.73. The molecule has 3 heterocycles. The van der Waals surface area contributed by atoms with Crippen LogP contribution in [0.1, 0.15) is 11.3 Å². The molecule has 0 saturated carbocycles. The van der Waals surface area contributed by atoms with Crippen molar-refractivity contribution in [3.8, 4) is 23.4 Å². The number of aromatic nitrogens is 4. The van der Waals surface area contributed by atoms with Gasteiger partial charge in [0, 0.05) is 18.7 Å². The van der Waals surface area contributed by atoms with Crippen LogP contribution >= 0.6 is 0 Å². The van der Waals surface area contributed by atoms with Crippen LogP contribution in [0, 0.1) is 11.8 Å². The Morgan fingerprint density at radius 1 is 1.33 bits per heavy atom. The second-order valence-corrected chi connectivity index (χ2v) is 6.53. The lowest BCUT2D eigenvalue weighted by Crippen LogP contribution is -2.26. The quantitative estimate of drug-likeness (QED) is 0.636. The first-order chi connectivity index (χ1) is 14.7. The number of nitrogens with one attached hydrogen (secondary N) is 1. The summed E-state index contributed by atoms with van der Waals surface area (Å²) in [4.78, 5) is 17.0. The Bertz CT molecular complexity index is 1220. The summed E-state index contributed by atoms with van der Waals surface area (Å²) in [6.45, 7) is 1.38. The number of ether oxygens (including phenoxy) is 1. The van der Waals surface area contributed by atoms with Crippen LogP contribution < -0.4 is 21.5 Å². The molecule has 0 spiro atoms. The first-order valence-corrected chi connectivity index (χ1v) is 9.31. The highest BCUT2D eigenvalue weighted by Crippen LogP contribution is 2.27. The summed E-state index contributed by atoms with van der Waals surface area (Å²) in [5.74, 6) is 7.26. The Labute approximate surface area is 171 Å². The third-order valence-corrected chi connectivity index (χ3v) is 4.47. The molecule has 1 aliphatic rings. The van der Waals surface area contributed by atoms with Gasteiger partial charge in [0.15, 0.2) is 0 Å². The predicted molar refractivity (Wildman–Crippen MR) is 110 cm³/mol. The Hall–Kier alpha value is -3.90. The molecule has 0 saturated heterocycles. The van der Waals surface area contributed by atoms with Crippen molar-refractivity contribution >= 4 is 5.69 Å². The lowest BCUT2D eigenvalue weighted by Gasteiger charge is -2.18. The van der Waals surface area contributed by atoms with Gasteiger partial charge in [0.1, 0.15) is 30.2 Å². The molecule has 1 aromatic carbocycles. The zero-order valence-corrected chi connectivity index (χ0v) is 16.0. The van der Waals surface area contributed by atoms with Crippen LogP contribution in [0.3, 0.4) is 0 Å². The van der Waals surface area contributed by atoms with Crippen molar-refractivity contribution in [2.45, 2.75) is 6.54 Å². The summed E-state index contributed by atoms with van der Waals surface area (Å²) >= 11 is 0. The second-order valence-electron chi connectivity index (χ2n) is 6.53. The zero-order chi connectivity index (χ0) is 20.9. The van der Waals surface area contributed by atoms with Gasteiger partial charge < -0.3 is 15.8 Å². The van der Waals surface area contributed by atoms with E-state index in [-0.39, 0.29) is 18.7 Å². The molecule has 0 bridgehead atoms. The number of rotatable bonds is 4. The molecule has 30 heavy (non-hydrogen) atoms. The van der Waals surface area contributed by atoms with Crippen LogP contribution in [0.5, 0.6) is 5.75 Å². The molecule has 0 radical (unpaired) electrons. The minimum absolute atomic E-state index is 0.00344. The standard InChI is InChI=1S/C21H19FN6O2/c22-11-16(12-23)13-28-21(29)27(14-25-28)20-3-1-2-17(26-20)6-4-15-5-7-19-18(10-15)24-8-9-30-19/h1-3,5,7,10-11,14,24H,8-9,12-13,23H2/b16-11+. The Balaban J connectivity index is 1.58. The molecule has 3 aromatic rings. The zero-order valence-electron chi connectivity index (χ0n) is 16.0. The number of hydrogen-bond acceptors (Lipinski definition) is 6. The topological polar surface area (TPSA) is 100.0 Å².